The number of carbonyl (C=O) groups is 2. The molecule has 2 heterocycles. The molecule has 1 aromatic heterocycles. The van der Waals surface area contributed by atoms with Crippen LogP contribution in [0, 0.1) is 0 Å². The standard InChI is InChI=1S/C22H22N2O4/c1-27-21(25)10-8-16-7-9-18(13-22(26)28-2)24(15-16)12-11-17-14-23-20-6-4-3-5-19(17)20/h3-10,13-15,23H,11-12H2,1-2H3/b10-8+,18-13+. The number of hydrogen-bond acceptors (Lipinski definition) is 5. The summed E-state index contributed by atoms with van der Waals surface area (Å²) >= 11 is 0. The van der Waals surface area contributed by atoms with Gasteiger partial charge in [0, 0.05) is 47.7 Å². The second-order valence-corrected chi connectivity index (χ2v) is 6.21. The van der Waals surface area contributed by atoms with Gasteiger partial charge in [-0.3, -0.25) is 0 Å². The number of para-hydroxylation sites is 1. The summed E-state index contributed by atoms with van der Waals surface area (Å²) in [6.07, 6.45) is 12.8. The highest BCUT2D eigenvalue weighted by atomic mass is 16.5. The lowest BCUT2D eigenvalue weighted by Gasteiger charge is -2.25. The lowest BCUT2D eigenvalue weighted by atomic mass is 10.1. The van der Waals surface area contributed by atoms with Crippen LogP contribution in [-0.4, -0.2) is 42.6 Å². The number of rotatable bonds is 6. The Morgan fingerprint density at radius 2 is 1.89 bits per heavy atom. The molecule has 0 saturated carbocycles. The molecule has 2 aromatic rings. The van der Waals surface area contributed by atoms with Crippen molar-refractivity contribution in [2.24, 2.45) is 0 Å². The number of carbonyl (C=O) groups excluding carboxylic acids is 2. The van der Waals surface area contributed by atoms with Gasteiger partial charge >= 0.3 is 11.9 Å². The van der Waals surface area contributed by atoms with E-state index in [0.717, 1.165) is 23.2 Å². The van der Waals surface area contributed by atoms with E-state index in [1.807, 2.05) is 47.6 Å². The lowest BCUT2D eigenvalue weighted by molar-refractivity contribution is -0.135. The quantitative estimate of drug-likeness (QED) is 0.617. The van der Waals surface area contributed by atoms with E-state index >= 15 is 0 Å². The van der Waals surface area contributed by atoms with E-state index in [1.165, 1.54) is 37.3 Å². The van der Waals surface area contributed by atoms with Crippen molar-refractivity contribution >= 4 is 22.8 Å². The topological polar surface area (TPSA) is 71.6 Å². The first kappa shape index (κ1) is 19.2. The molecule has 6 nitrogen and oxygen atoms in total. The maximum atomic E-state index is 11.7. The molecule has 144 valence electrons. The Morgan fingerprint density at radius 1 is 1.11 bits per heavy atom. The Morgan fingerprint density at radius 3 is 2.68 bits per heavy atom. The van der Waals surface area contributed by atoms with Crippen molar-refractivity contribution in [3.05, 3.63) is 83.9 Å². The van der Waals surface area contributed by atoms with Gasteiger partial charge in [0.1, 0.15) is 0 Å². The van der Waals surface area contributed by atoms with E-state index in [9.17, 15) is 9.59 Å². The summed E-state index contributed by atoms with van der Waals surface area (Å²) in [6, 6.07) is 8.14. The van der Waals surface area contributed by atoms with Crippen molar-refractivity contribution in [3.8, 4) is 0 Å². The smallest absolute Gasteiger partial charge is 0.332 e. The largest absolute Gasteiger partial charge is 0.466 e. The van der Waals surface area contributed by atoms with E-state index in [1.54, 1.807) is 6.08 Å². The van der Waals surface area contributed by atoms with Crippen LogP contribution in [0.1, 0.15) is 5.56 Å². The Hall–Kier alpha value is -3.54. The predicted octanol–water partition coefficient (Wildman–Crippen LogP) is 3.25. The summed E-state index contributed by atoms with van der Waals surface area (Å²) in [7, 11) is 2.69. The van der Waals surface area contributed by atoms with Gasteiger partial charge in [0.25, 0.3) is 0 Å². The van der Waals surface area contributed by atoms with Crippen LogP contribution in [0.15, 0.2) is 78.3 Å². The molecule has 0 aliphatic carbocycles. The van der Waals surface area contributed by atoms with Crippen LogP contribution in [-0.2, 0) is 25.5 Å². The highest BCUT2D eigenvalue weighted by Gasteiger charge is 2.13. The number of esters is 2. The summed E-state index contributed by atoms with van der Waals surface area (Å²) in [5.74, 6) is -0.839. The van der Waals surface area contributed by atoms with Gasteiger partial charge in [0.15, 0.2) is 0 Å². The molecule has 0 fully saturated rings. The van der Waals surface area contributed by atoms with Gasteiger partial charge in [-0.1, -0.05) is 24.3 Å². The number of hydrogen-bond donors (Lipinski definition) is 1. The second kappa shape index (κ2) is 8.90. The molecule has 0 spiro atoms. The van der Waals surface area contributed by atoms with Crippen molar-refractivity contribution in [1.82, 2.24) is 9.88 Å². The minimum absolute atomic E-state index is 0.418. The maximum Gasteiger partial charge on any atom is 0.332 e. The van der Waals surface area contributed by atoms with Gasteiger partial charge in [-0.2, -0.15) is 0 Å². The molecule has 6 heteroatoms. The minimum Gasteiger partial charge on any atom is -0.466 e. The Balaban J connectivity index is 1.81. The number of ether oxygens (including phenoxy) is 2. The third-order valence-electron chi connectivity index (χ3n) is 4.46. The molecular formula is C22H22N2O4. The molecule has 0 radical (unpaired) electrons. The van der Waals surface area contributed by atoms with Gasteiger partial charge in [0.2, 0.25) is 0 Å². The molecule has 3 rings (SSSR count). The summed E-state index contributed by atoms with van der Waals surface area (Å²) in [6.45, 7) is 0.657. The average Bonchev–Trinajstić information content (AvgIpc) is 3.14. The van der Waals surface area contributed by atoms with Gasteiger partial charge < -0.3 is 19.4 Å². The highest BCUT2D eigenvalue weighted by Crippen LogP contribution is 2.22. The van der Waals surface area contributed by atoms with Gasteiger partial charge in [-0.05, 0) is 35.8 Å². The van der Waals surface area contributed by atoms with Gasteiger partial charge in [0.05, 0.1) is 14.2 Å². The van der Waals surface area contributed by atoms with E-state index in [4.69, 9.17) is 4.74 Å². The lowest BCUT2D eigenvalue weighted by Crippen LogP contribution is -2.22. The molecule has 0 amide bonds. The average molecular weight is 378 g/mol. The van der Waals surface area contributed by atoms with Crippen LogP contribution in [0.3, 0.4) is 0 Å². The Bertz CT molecular complexity index is 995. The zero-order valence-corrected chi connectivity index (χ0v) is 15.8. The number of nitrogens with zero attached hydrogens (tertiary/aromatic N) is 1. The maximum absolute atomic E-state index is 11.7. The summed E-state index contributed by atoms with van der Waals surface area (Å²) < 4.78 is 9.38. The van der Waals surface area contributed by atoms with Crippen LogP contribution in [0.5, 0.6) is 0 Å². The summed E-state index contributed by atoms with van der Waals surface area (Å²) in [4.78, 5) is 28.3. The van der Waals surface area contributed by atoms with Crippen molar-refractivity contribution in [2.75, 3.05) is 20.8 Å². The number of nitrogens with one attached hydrogen (secondary N) is 1. The zero-order valence-electron chi connectivity index (χ0n) is 15.8. The molecule has 28 heavy (non-hydrogen) atoms. The third kappa shape index (κ3) is 4.59. The number of aromatic amines is 1. The van der Waals surface area contributed by atoms with E-state index in [2.05, 4.69) is 15.8 Å². The van der Waals surface area contributed by atoms with E-state index in [0.29, 0.717) is 6.54 Å². The predicted molar refractivity (Wildman–Crippen MR) is 107 cm³/mol. The molecule has 0 bridgehead atoms. The Labute approximate surface area is 163 Å². The fourth-order valence-corrected chi connectivity index (χ4v) is 2.99. The number of aromatic nitrogens is 1. The molecule has 1 N–H and O–H groups in total. The van der Waals surface area contributed by atoms with Crippen LogP contribution in [0.2, 0.25) is 0 Å². The first-order chi connectivity index (χ1) is 13.6. The van der Waals surface area contributed by atoms with Crippen molar-refractivity contribution in [1.29, 1.82) is 0 Å². The van der Waals surface area contributed by atoms with Crippen molar-refractivity contribution in [3.63, 3.8) is 0 Å². The van der Waals surface area contributed by atoms with Crippen LogP contribution < -0.4 is 0 Å². The first-order valence-electron chi connectivity index (χ1n) is 8.88. The SMILES string of the molecule is COC(=O)/C=C/C1=CN(CCc2c[nH]c3ccccc23)/C(=C/C(=O)OC)C=C1. The Kier molecular flexibility index (Phi) is 6.11. The second-order valence-electron chi connectivity index (χ2n) is 6.21. The zero-order chi connectivity index (χ0) is 19.9. The number of methoxy groups -OCH3 is 2. The number of allylic oxidation sites excluding steroid dienone is 4. The van der Waals surface area contributed by atoms with E-state index in [-0.39, 0.29) is 0 Å². The number of fused-ring (bicyclic) bond motifs is 1. The molecule has 1 aliphatic heterocycles. The van der Waals surface area contributed by atoms with E-state index < -0.39 is 11.9 Å². The molecule has 0 atom stereocenters. The summed E-state index contributed by atoms with van der Waals surface area (Å²) in [5, 5.41) is 1.18. The van der Waals surface area contributed by atoms with Crippen LogP contribution in [0.4, 0.5) is 0 Å². The molecule has 1 aliphatic rings. The van der Waals surface area contributed by atoms with Gasteiger partial charge in [-0.25, -0.2) is 9.59 Å². The number of H-pyrrole nitrogens is 1. The number of benzene rings is 1. The highest BCUT2D eigenvalue weighted by molar-refractivity contribution is 5.84. The fraction of sp³-hybridized carbons (Fsp3) is 0.182. The molecule has 0 unspecified atom stereocenters. The third-order valence-corrected chi connectivity index (χ3v) is 4.46. The van der Waals surface area contributed by atoms with Crippen molar-refractivity contribution < 1.29 is 19.1 Å². The van der Waals surface area contributed by atoms with Crippen molar-refractivity contribution in [2.45, 2.75) is 6.42 Å². The first-order valence-corrected chi connectivity index (χ1v) is 8.88. The molecule has 1 aromatic carbocycles. The summed E-state index contributed by atoms with van der Waals surface area (Å²) in [5.41, 5.74) is 3.84. The molecular weight excluding hydrogens is 356 g/mol. The fourth-order valence-electron chi connectivity index (χ4n) is 2.99. The van der Waals surface area contributed by atoms with Gasteiger partial charge in [-0.15, -0.1) is 0 Å². The monoisotopic (exact) mass is 378 g/mol. The molecule has 0 saturated heterocycles. The van der Waals surface area contributed by atoms with Crippen LogP contribution >= 0.6 is 0 Å². The minimum atomic E-state index is -0.421. The normalized spacial score (nSPS) is 15.3. The van der Waals surface area contributed by atoms with Crippen LogP contribution in [0.25, 0.3) is 10.9 Å².